The molecule has 0 saturated carbocycles. The number of fused-ring (bicyclic) bond motifs is 1. The van der Waals surface area contributed by atoms with Gasteiger partial charge in [-0.25, -0.2) is 18.6 Å². The van der Waals surface area contributed by atoms with E-state index in [9.17, 15) is 18.7 Å². The molecule has 0 aliphatic carbocycles. The predicted octanol–water partition coefficient (Wildman–Crippen LogP) is 4.95. The van der Waals surface area contributed by atoms with E-state index in [0.717, 1.165) is 0 Å². The maximum atomic E-state index is 14.6. The third-order valence-electron chi connectivity index (χ3n) is 8.73. The van der Waals surface area contributed by atoms with Crippen LogP contribution in [0.15, 0.2) is 18.2 Å². The Morgan fingerprint density at radius 2 is 1.72 bits per heavy atom. The van der Waals surface area contributed by atoms with Crippen LogP contribution in [-0.4, -0.2) is 101 Å². The number of amides is 1. The van der Waals surface area contributed by atoms with Crippen molar-refractivity contribution in [2.75, 3.05) is 56.2 Å². The Morgan fingerprint density at radius 1 is 1.07 bits per heavy atom. The summed E-state index contributed by atoms with van der Waals surface area (Å²) in [5.74, 6) is 0.673. The fourth-order valence-corrected chi connectivity index (χ4v) is 6.09. The van der Waals surface area contributed by atoms with Gasteiger partial charge in [-0.1, -0.05) is 26.8 Å². The highest BCUT2D eigenvalue weighted by atomic mass is 28.4. The summed E-state index contributed by atoms with van der Waals surface area (Å²) in [6, 6.07) is 5.22. The van der Waals surface area contributed by atoms with Crippen molar-refractivity contribution in [3.8, 4) is 11.7 Å². The molecule has 234 valence electrons. The maximum Gasteiger partial charge on any atom is 0.407 e. The standard InChI is InChI=1S/C28H40F2N8O4Si/c1-28(2,3)43(5,6)42-20-9-7-8-19-21(20)31-23(22(29)30)38(19)26-33-24(32-25(34-26)36-14-16-41-17-15-36)35(4)18-10-12-37(13-11-18)27(39)40/h7-9,18,22H,10-17H2,1-6H3,(H,39,40). The van der Waals surface area contributed by atoms with Crippen LogP contribution in [0.4, 0.5) is 25.5 Å². The summed E-state index contributed by atoms with van der Waals surface area (Å²) >= 11 is 0. The van der Waals surface area contributed by atoms with Gasteiger partial charge in [0.2, 0.25) is 17.8 Å². The number of para-hydroxylation sites is 1. The second kappa shape index (κ2) is 11.8. The van der Waals surface area contributed by atoms with Crippen LogP contribution in [-0.2, 0) is 4.74 Å². The number of imidazole rings is 1. The number of hydrogen-bond acceptors (Lipinski definition) is 9. The lowest BCUT2D eigenvalue weighted by Crippen LogP contribution is -2.46. The Morgan fingerprint density at radius 3 is 2.33 bits per heavy atom. The number of piperidine rings is 1. The molecule has 1 N–H and O–H groups in total. The van der Waals surface area contributed by atoms with Crippen molar-refractivity contribution in [2.45, 2.75) is 64.2 Å². The number of nitrogens with zero attached hydrogens (tertiary/aromatic N) is 8. The molecule has 2 aromatic heterocycles. The second-order valence-corrected chi connectivity index (χ2v) is 17.3. The zero-order chi connectivity index (χ0) is 31.1. The van der Waals surface area contributed by atoms with Crippen molar-refractivity contribution < 1.29 is 27.8 Å². The molecule has 0 bridgehead atoms. The third-order valence-corrected chi connectivity index (χ3v) is 13.1. The van der Waals surface area contributed by atoms with Crippen molar-refractivity contribution in [1.29, 1.82) is 0 Å². The SMILES string of the molecule is CN(c1nc(N2CCOCC2)nc(-n2c(C(F)F)nc3c(O[Si](C)(C)C(C)(C)C)cccc32)n1)C1CCN(C(=O)O)CC1. The lowest BCUT2D eigenvalue weighted by molar-refractivity contribution is 0.122. The smallest absolute Gasteiger partial charge is 0.407 e. The summed E-state index contributed by atoms with van der Waals surface area (Å²) in [7, 11) is -0.466. The van der Waals surface area contributed by atoms with E-state index in [1.165, 1.54) is 9.47 Å². The summed E-state index contributed by atoms with van der Waals surface area (Å²) in [5, 5.41) is 9.26. The molecule has 0 spiro atoms. The molecule has 5 rings (SSSR count). The molecule has 43 heavy (non-hydrogen) atoms. The maximum absolute atomic E-state index is 14.6. The lowest BCUT2D eigenvalue weighted by Gasteiger charge is -2.36. The number of morpholine rings is 1. The quantitative estimate of drug-likeness (QED) is 0.364. The number of hydrogen-bond donors (Lipinski definition) is 1. The van der Waals surface area contributed by atoms with E-state index < -0.39 is 26.7 Å². The van der Waals surface area contributed by atoms with Crippen molar-refractivity contribution >= 4 is 37.3 Å². The molecule has 1 amide bonds. The topological polar surface area (TPSA) is 122 Å². The number of carboxylic acid groups (broad SMARTS) is 1. The first-order valence-electron chi connectivity index (χ1n) is 14.5. The molecule has 1 aromatic carbocycles. The fourth-order valence-electron chi connectivity index (χ4n) is 5.07. The first kappa shape index (κ1) is 30.9. The number of carbonyl (C=O) groups is 1. The molecule has 2 aliphatic heterocycles. The average molecular weight is 619 g/mol. The molecule has 0 atom stereocenters. The zero-order valence-corrected chi connectivity index (χ0v) is 26.5. The monoisotopic (exact) mass is 618 g/mol. The highest BCUT2D eigenvalue weighted by Crippen LogP contribution is 2.40. The van der Waals surface area contributed by atoms with Crippen molar-refractivity contribution in [1.82, 2.24) is 29.4 Å². The van der Waals surface area contributed by atoms with Gasteiger partial charge < -0.3 is 29.0 Å². The minimum atomic E-state index is -2.90. The highest BCUT2D eigenvalue weighted by molar-refractivity contribution is 6.74. The Labute approximate surface area is 250 Å². The Kier molecular flexibility index (Phi) is 8.49. The first-order chi connectivity index (χ1) is 20.3. The van der Waals surface area contributed by atoms with Gasteiger partial charge >= 0.3 is 6.09 Å². The minimum Gasteiger partial charge on any atom is -0.542 e. The number of aromatic nitrogens is 5. The lowest BCUT2D eigenvalue weighted by atomic mass is 10.0. The van der Waals surface area contributed by atoms with Gasteiger partial charge in [0.15, 0.2) is 5.82 Å². The van der Waals surface area contributed by atoms with Crippen LogP contribution < -0.4 is 14.2 Å². The average Bonchev–Trinajstić information content (AvgIpc) is 3.37. The van der Waals surface area contributed by atoms with E-state index in [4.69, 9.17) is 24.1 Å². The van der Waals surface area contributed by atoms with E-state index in [2.05, 4.69) is 38.8 Å². The number of anilines is 2. The molecule has 3 aromatic rings. The molecule has 0 radical (unpaired) electrons. The van der Waals surface area contributed by atoms with Gasteiger partial charge in [-0.3, -0.25) is 4.57 Å². The van der Waals surface area contributed by atoms with Gasteiger partial charge in [0.1, 0.15) is 11.3 Å². The molecule has 12 nitrogen and oxygen atoms in total. The van der Waals surface area contributed by atoms with Crippen LogP contribution >= 0.6 is 0 Å². The van der Waals surface area contributed by atoms with Crippen molar-refractivity contribution in [3.63, 3.8) is 0 Å². The largest absolute Gasteiger partial charge is 0.542 e. The molecular formula is C28H40F2N8O4Si. The number of benzene rings is 1. The Hall–Kier alpha value is -3.59. The van der Waals surface area contributed by atoms with Crippen LogP contribution in [0.3, 0.4) is 0 Å². The molecule has 2 aliphatic rings. The number of alkyl halides is 2. The van der Waals surface area contributed by atoms with E-state index in [1.807, 2.05) is 16.8 Å². The van der Waals surface area contributed by atoms with Gasteiger partial charge in [-0.05, 0) is 43.1 Å². The number of rotatable bonds is 7. The zero-order valence-electron chi connectivity index (χ0n) is 25.5. The summed E-state index contributed by atoms with van der Waals surface area (Å²) in [6.45, 7) is 13.4. The van der Waals surface area contributed by atoms with Crippen LogP contribution in [0.5, 0.6) is 5.75 Å². The van der Waals surface area contributed by atoms with Crippen LogP contribution in [0.25, 0.3) is 17.0 Å². The molecule has 0 unspecified atom stereocenters. The third kappa shape index (κ3) is 6.23. The van der Waals surface area contributed by atoms with Crippen molar-refractivity contribution in [2.24, 2.45) is 0 Å². The molecule has 2 saturated heterocycles. The highest BCUT2D eigenvalue weighted by Gasteiger charge is 2.40. The van der Waals surface area contributed by atoms with E-state index in [1.54, 1.807) is 18.2 Å². The van der Waals surface area contributed by atoms with E-state index >= 15 is 0 Å². The van der Waals surface area contributed by atoms with Gasteiger partial charge in [-0.2, -0.15) is 15.0 Å². The van der Waals surface area contributed by atoms with Crippen molar-refractivity contribution in [3.05, 3.63) is 24.0 Å². The van der Waals surface area contributed by atoms with E-state index in [-0.39, 0.29) is 17.0 Å². The summed E-state index contributed by atoms with van der Waals surface area (Å²) in [5.41, 5.74) is 0.737. The number of halogens is 2. The number of likely N-dealkylation sites (tertiary alicyclic amines) is 1. The molecule has 2 fully saturated rings. The van der Waals surface area contributed by atoms with Crippen LogP contribution in [0.1, 0.15) is 45.9 Å². The van der Waals surface area contributed by atoms with Gasteiger partial charge in [-0.15, -0.1) is 0 Å². The van der Waals surface area contributed by atoms with Gasteiger partial charge in [0.05, 0.1) is 18.7 Å². The van der Waals surface area contributed by atoms with Crippen LogP contribution in [0.2, 0.25) is 18.1 Å². The predicted molar refractivity (Wildman–Crippen MR) is 161 cm³/mol. The second-order valence-electron chi connectivity index (χ2n) is 12.5. The Balaban J connectivity index is 1.62. The Bertz CT molecular complexity index is 1470. The molecule has 4 heterocycles. The fraction of sp³-hybridized carbons (Fsp3) is 0.607. The first-order valence-corrected chi connectivity index (χ1v) is 17.5. The molecular weight excluding hydrogens is 578 g/mol. The number of ether oxygens (including phenoxy) is 1. The normalized spacial score (nSPS) is 17.1. The van der Waals surface area contributed by atoms with Gasteiger partial charge in [0.25, 0.3) is 14.7 Å². The van der Waals surface area contributed by atoms with Gasteiger partial charge in [0, 0.05) is 39.3 Å². The van der Waals surface area contributed by atoms with Crippen LogP contribution in [0, 0.1) is 0 Å². The minimum absolute atomic E-state index is 0.0311. The molecule has 15 heteroatoms. The summed E-state index contributed by atoms with van der Waals surface area (Å²) < 4.78 is 42.6. The summed E-state index contributed by atoms with van der Waals surface area (Å²) in [6.07, 6.45) is -2.68. The summed E-state index contributed by atoms with van der Waals surface area (Å²) in [4.78, 5) is 35.2. The van der Waals surface area contributed by atoms with E-state index in [0.29, 0.717) is 80.9 Å².